The van der Waals surface area contributed by atoms with Crippen LogP contribution < -0.4 is 10.2 Å². The van der Waals surface area contributed by atoms with Crippen molar-refractivity contribution < 1.29 is 0 Å². The monoisotopic (exact) mass is 255 g/mol. The summed E-state index contributed by atoms with van der Waals surface area (Å²) in [5.74, 6) is 1.08. The second-order valence-corrected chi connectivity index (χ2v) is 4.72. The number of aryl methyl sites for hydroxylation is 1. The first kappa shape index (κ1) is 14.3. The average molecular weight is 256 g/mol. The summed E-state index contributed by atoms with van der Waals surface area (Å²) in [4.78, 5) is 6.65. The number of halogens is 1. The Labute approximate surface area is 110 Å². The predicted molar refractivity (Wildman–Crippen MR) is 75.1 cm³/mol. The fourth-order valence-corrected chi connectivity index (χ4v) is 2.23. The molecule has 96 valence electrons. The fourth-order valence-electron chi connectivity index (χ4n) is 2.23. The molecule has 1 fully saturated rings. The van der Waals surface area contributed by atoms with Gasteiger partial charge in [-0.2, -0.15) is 0 Å². The number of nitrogens with zero attached hydrogens (tertiary/aromatic N) is 2. The number of hydrogen-bond donors (Lipinski definition) is 1. The molecule has 1 N–H and O–H groups in total. The van der Waals surface area contributed by atoms with Crippen LogP contribution in [0.2, 0.25) is 0 Å². The molecule has 0 spiro atoms. The third kappa shape index (κ3) is 4.17. The molecule has 17 heavy (non-hydrogen) atoms. The van der Waals surface area contributed by atoms with E-state index in [2.05, 4.69) is 35.2 Å². The average Bonchev–Trinajstić information content (AvgIpc) is 2.30. The van der Waals surface area contributed by atoms with Crippen LogP contribution in [0, 0.1) is 6.92 Å². The van der Waals surface area contributed by atoms with Gasteiger partial charge in [0.05, 0.1) is 0 Å². The molecular weight excluding hydrogens is 234 g/mol. The molecular formula is C13H22ClN3. The topological polar surface area (TPSA) is 28.2 Å². The van der Waals surface area contributed by atoms with Crippen LogP contribution in [0.4, 0.5) is 5.82 Å². The maximum absolute atomic E-state index is 4.40. The summed E-state index contributed by atoms with van der Waals surface area (Å²) < 4.78 is 0. The molecule has 2 rings (SSSR count). The number of pyridine rings is 1. The van der Waals surface area contributed by atoms with Gasteiger partial charge in [-0.3, -0.25) is 0 Å². The molecule has 1 aliphatic heterocycles. The Kier molecular flexibility index (Phi) is 5.72. The summed E-state index contributed by atoms with van der Waals surface area (Å²) in [6, 6.07) is 4.81. The Balaban J connectivity index is 0.00000144. The number of aromatic nitrogens is 1. The number of piperidine rings is 1. The zero-order valence-corrected chi connectivity index (χ0v) is 11.5. The van der Waals surface area contributed by atoms with Gasteiger partial charge in [0.2, 0.25) is 0 Å². The Morgan fingerprint density at radius 3 is 2.94 bits per heavy atom. The largest absolute Gasteiger partial charge is 0.358 e. The molecule has 1 atom stereocenters. The van der Waals surface area contributed by atoms with Crippen molar-refractivity contribution in [3.63, 3.8) is 0 Å². The maximum Gasteiger partial charge on any atom is 0.128 e. The van der Waals surface area contributed by atoms with Crippen molar-refractivity contribution in [3.05, 3.63) is 23.9 Å². The second-order valence-electron chi connectivity index (χ2n) is 4.72. The third-order valence-electron chi connectivity index (χ3n) is 3.20. The first-order chi connectivity index (χ1) is 7.75. The molecule has 0 saturated carbocycles. The van der Waals surface area contributed by atoms with Gasteiger partial charge < -0.3 is 10.2 Å². The van der Waals surface area contributed by atoms with Crippen molar-refractivity contribution in [1.29, 1.82) is 0 Å². The SMILES string of the molecule is Cc1ccnc(N(C)CC2CCCCN2)c1.Cl. The Morgan fingerprint density at radius 2 is 2.29 bits per heavy atom. The number of hydrogen-bond acceptors (Lipinski definition) is 3. The highest BCUT2D eigenvalue weighted by atomic mass is 35.5. The van der Waals surface area contributed by atoms with E-state index in [-0.39, 0.29) is 12.4 Å². The molecule has 1 unspecified atom stereocenters. The van der Waals surface area contributed by atoms with Gasteiger partial charge in [-0.1, -0.05) is 6.42 Å². The van der Waals surface area contributed by atoms with E-state index < -0.39 is 0 Å². The standard InChI is InChI=1S/C13H21N3.ClH/c1-11-6-8-15-13(9-11)16(2)10-12-5-3-4-7-14-12;/h6,8-9,12,14H,3-5,7,10H2,1-2H3;1H. The van der Waals surface area contributed by atoms with Gasteiger partial charge in [0, 0.05) is 25.8 Å². The number of likely N-dealkylation sites (N-methyl/N-ethyl adjacent to an activating group) is 1. The first-order valence-corrected chi connectivity index (χ1v) is 6.13. The smallest absolute Gasteiger partial charge is 0.128 e. The van der Waals surface area contributed by atoms with Crippen molar-refractivity contribution in [2.75, 3.05) is 25.0 Å². The molecule has 0 amide bonds. The van der Waals surface area contributed by atoms with E-state index in [1.165, 1.54) is 31.4 Å². The summed E-state index contributed by atoms with van der Waals surface area (Å²) in [6.45, 7) is 4.33. The van der Waals surface area contributed by atoms with Gasteiger partial charge >= 0.3 is 0 Å². The van der Waals surface area contributed by atoms with Crippen molar-refractivity contribution >= 4 is 18.2 Å². The maximum atomic E-state index is 4.40. The number of anilines is 1. The highest BCUT2D eigenvalue weighted by molar-refractivity contribution is 5.85. The summed E-state index contributed by atoms with van der Waals surface area (Å²) in [5, 5.41) is 3.56. The first-order valence-electron chi connectivity index (χ1n) is 6.13. The quantitative estimate of drug-likeness (QED) is 0.899. The summed E-state index contributed by atoms with van der Waals surface area (Å²) in [5.41, 5.74) is 1.27. The Hall–Kier alpha value is -0.800. The predicted octanol–water partition coefficient (Wildman–Crippen LogP) is 2.39. The minimum atomic E-state index is 0. The lowest BCUT2D eigenvalue weighted by atomic mass is 10.0. The van der Waals surface area contributed by atoms with Crippen LogP contribution in [-0.4, -0.2) is 31.2 Å². The number of rotatable bonds is 3. The lowest BCUT2D eigenvalue weighted by Gasteiger charge is -2.28. The van der Waals surface area contributed by atoms with Gasteiger partial charge in [-0.15, -0.1) is 12.4 Å². The molecule has 4 heteroatoms. The summed E-state index contributed by atoms with van der Waals surface area (Å²) >= 11 is 0. The van der Waals surface area contributed by atoms with Crippen molar-refractivity contribution in [1.82, 2.24) is 10.3 Å². The number of nitrogens with one attached hydrogen (secondary N) is 1. The van der Waals surface area contributed by atoms with Crippen LogP contribution in [-0.2, 0) is 0 Å². The van der Waals surface area contributed by atoms with Crippen molar-refractivity contribution in [2.24, 2.45) is 0 Å². The molecule has 0 radical (unpaired) electrons. The molecule has 1 aliphatic rings. The van der Waals surface area contributed by atoms with Crippen molar-refractivity contribution in [3.8, 4) is 0 Å². The fraction of sp³-hybridized carbons (Fsp3) is 0.615. The highest BCUT2D eigenvalue weighted by Gasteiger charge is 2.15. The van der Waals surface area contributed by atoms with Gasteiger partial charge in [-0.05, 0) is 44.0 Å². The minimum absolute atomic E-state index is 0. The molecule has 0 aliphatic carbocycles. The van der Waals surface area contributed by atoms with Gasteiger partial charge in [0.25, 0.3) is 0 Å². The van der Waals surface area contributed by atoms with Gasteiger partial charge in [0.1, 0.15) is 5.82 Å². The van der Waals surface area contributed by atoms with Gasteiger partial charge in [0.15, 0.2) is 0 Å². The van der Waals surface area contributed by atoms with E-state index in [1.54, 1.807) is 0 Å². The summed E-state index contributed by atoms with van der Waals surface area (Å²) in [6.07, 6.45) is 5.85. The van der Waals surface area contributed by atoms with Crippen LogP contribution in [0.1, 0.15) is 24.8 Å². The van der Waals surface area contributed by atoms with Crippen LogP contribution >= 0.6 is 12.4 Å². The summed E-state index contributed by atoms with van der Waals surface area (Å²) in [7, 11) is 2.12. The normalized spacial score (nSPS) is 19.5. The van der Waals surface area contributed by atoms with Crippen molar-refractivity contribution in [2.45, 2.75) is 32.2 Å². The Bertz CT molecular complexity index is 337. The molecule has 2 heterocycles. The third-order valence-corrected chi connectivity index (χ3v) is 3.20. The molecule has 1 saturated heterocycles. The van der Waals surface area contributed by atoms with E-state index in [1.807, 2.05) is 12.3 Å². The highest BCUT2D eigenvalue weighted by Crippen LogP contribution is 2.13. The zero-order chi connectivity index (χ0) is 11.4. The lowest BCUT2D eigenvalue weighted by molar-refractivity contribution is 0.403. The Morgan fingerprint density at radius 1 is 1.47 bits per heavy atom. The van der Waals surface area contributed by atoms with E-state index in [0.717, 1.165) is 12.4 Å². The van der Waals surface area contributed by atoms with E-state index >= 15 is 0 Å². The van der Waals surface area contributed by atoms with Gasteiger partial charge in [-0.25, -0.2) is 4.98 Å². The second kappa shape index (κ2) is 6.82. The zero-order valence-electron chi connectivity index (χ0n) is 10.6. The molecule has 0 bridgehead atoms. The van der Waals surface area contributed by atoms with Crippen LogP contribution in [0.25, 0.3) is 0 Å². The molecule has 1 aromatic rings. The molecule has 0 aromatic carbocycles. The van der Waals surface area contributed by atoms with Crippen LogP contribution in [0.15, 0.2) is 18.3 Å². The minimum Gasteiger partial charge on any atom is -0.358 e. The van der Waals surface area contributed by atoms with Crippen LogP contribution in [0.5, 0.6) is 0 Å². The molecule has 3 nitrogen and oxygen atoms in total. The van der Waals surface area contributed by atoms with E-state index in [9.17, 15) is 0 Å². The lowest BCUT2D eigenvalue weighted by Crippen LogP contribution is -2.42. The van der Waals surface area contributed by atoms with E-state index in [4.69, 9.17) is 0 Å². The van der Waals surface area contributed by atoms with Crippen LogP contribution in [0.3, 0.4) is 0 Å². The molecule has 1 aromatic heterocycles. The van der Waals surface area contributed by atoms with E-state index in [0.29, 0.717) is 6.04 Å².